The second-order valence-corrected chi connectivity index (χ2v) is 6.19. The summed E-state index contributed by atoms with van der Waals surface area (Å²) in [5, 5.41) is 2.85. The third-order valence-corrected chi connectivity index (χ3v) is 4.92. The molecular formula is C15H12BrCl3. The van der Waals surface area contributed by atoms with E-state index in [0.717, 1.165) is 22.3 Å². The standard InChI is InChI=1S/C15H12BrCl3/c16-9-12(10-4-6-13(17)7-5-10)8-11-2-1-3-14(18)15(11)19/h1-7,12H,8-9H2. The lowest BCUT2D eigenvalue weighted by atomic mass is 9.94. The number of alkyl halides is 1. The minimum Gasteiger partial charge on any atom is -0.0921 e. The fraction of sp³-hybridized carbons (Fsp3) is 0.200. The summed E-state index contributed by atoms with van der Waals surface area (Å²) in [5.41, 5.74) is 2.30. The van der Waals surface area contributed by atoms with Crippen molar-refractivity contribution in [2.75, 3.05) is 5.33 Å². The average Bonchev–Trinajstić information content (AvgIpc) is 2.42. The van der Waals surface area contributed by atoms with E-state index in [1.54, 1.807) is 6.07 Å². The van der Waals surface area contributed by atoms with Crippen molar-refractivity contribution < 1.29 is 0 Å². The van der Waals surface area contributed by atoms with Crippen LogP contribution in [0.3, 0.4) is 0 Å². The first-order chi connectivity index (χ1) is 9.11. The smallest absolute Gasteiger partial charge is 0.0624 e. The Morgan fingerprint density at radius 3 is 2.26 bits per heavy atom. The van der Waals surface area contributed by atoms with Crippen molar-refractivity contribution in [2.45, 2.75) is 12.3 Å². The molecule has 0 fully saturated rings. The Kier molecular flexibility index (Phi) is 5.58. The molecule has 2 rings (SSSR count). The van der Waals surface area contributed by atoms with Gasteiger partial charge < -0.3 is 0 Å². The first kappa shape index (κ1) is 15.2. The molecule has 0 nitrogen and oxygen atoms in total. The highest BCUT2D eigenvalue weighted by molar-refractivity contribution is 9.09. The van der Waals surface area contributed by atoms with Gasteiger partial charge >= 0.3 is 0 Å². The van der Waals surface area contributed by atoms with E-state index < -0.39 is 0 Å². The van der Waals surface area contributed by atoms with Crippen LogP contribution in [-0.4, -0.2) is 5.33 Å². The van der Waals surface area contributed by atoms with Crippen molar-refractivity contribution in [1.29, 1.82) is 0 Å². The van der Waals surface area contributed by atoms with Gasteiger partial charge in [-0.25, -0.2) is 0 Å². The van der Waals surface area contributed by atoms with Crippen LogP contribution in [0.2, 0.25) is 15.1 Å². The maximum atomic E-state index is 6.24. The summed E-state index contributed by atoms with van der Waals surface area (Å²) in [6.07, 6.45) is 0.840. The van der Waals surface area contributed by atoms with Crippen LogP contribution in [0.25, 0.3) is 0 Å². The second kappa shape index (κ2) is 6.99. The molecule has 2 aromatic carbocycles. The molecule has 1 atom stereocenters. The summed E-state index contributed by atoms with van der Waals surface area (Å²) in [7, 11) is 0. The SMILES string of the molecule is Clc1ccc(C(CBr)Cc2cccc(Cl)c2Cl)cc1. The van der Waals surface area contributed by atoms with Crippen molar-refractivity contribution in [3.05, 3.63) is 68.7 Å². The van der Waals surface area contributed by atoms with Crippen molar-refractivity contribution in [2.24, 2.45) is 0 Å². The first-order valence-electron chi connectivity index (χ1n) is 5.86. The lowest BCUT2D eigenvalue weighted by Gasteiger charge is -2.16. The van der Waals surface area contributed by atoms with Crippen molar-refractivity contribution in [3.8, 4) is 0 Å². The third-order valence-electron chi connectivity index (χ3n) is 3.03. The van der Waals surface area contributed by atoms with Gasteiger partial charge in [-0.1, -0.05) is 75.0 Å². The maximum Gasteiger partial charge on any atom is 0.0624 e. The van der Waals surface area contributed by atoms with Crippen LogP contribution in [0.1, 0.15) is 17.0 Å². The van der Waals surface area contributed by atoms with Gasteiger partial charge in [-0.15, -0.1) is 0 Å². The summed E-state index contributed by atoms with van der Waals surface area (Å²) in [4.78, 5) is 0. The van der Waals surface area contributed by atoms with Crippen LogP contribution >= 0.6 is 50.7 Å². The average molecular weight is 379 g/mol. The van der Waals surface area contributed by atoms with Gasteiger partial charge in [0.2, 0.25) is 0 Å². The molecule has 19 heavy (non-hydrogen) atoms. The molecule has 0 aliphatic heterocycles. The highest BCUT2D eigenvalue weighted by Gasteiger charge is 2.14. The molecule has 4 heteroatoms. The van der Waals surface area contributed by atoms with E-state index in [0.29, 0.717) is 16.0 Å². The lowest BCUT2D eigenvalue weighted by molar-refractivity contribution is 0.776. The molecule has 0 aliphatic carbocycles. The number of hydrogen-bond donors (Lipinski definition) is 0. The fourth-order valence-corrected chi connectivity index (χ4v) is 3.09. The van der Waals surface area contributed by atoms with Crippen LogP contribution < -0.4 is 0 Å². The van der Waals surface area contributed by atoms with Crippen LogP contribution in [0.4, 0.5) is 0 Å². The molecule has 0 radical (unpaired) electrons. The van der Waals surface area contributed by atoms with Crippen molar-refractivity contribution in [3.63, 3.8) is 0 Å². The minimum atomic E-state index is 0.341. The lowest BCUT2D eigenvalue weighted by Crippen LogP contribution is -2.05. The fourth-order valence-electron chi connectivity index (χ4n) is 1.97. The molecule has 0 amide bonds. The number of rotatable bonds is 4. The molecule has 1 unspecified atom stereocenters. The monoisotopic (exact) mass is 376 g/mol. The number of benzene rings is 2. The summed E-state index contributed by atoms with van der Waals surface area (Å²) >= 11 is 21.8. The Bertz CT molecular complexity index is 552. The molecule has 0 bridgehead atoms. The molecular weight excluding hydrogens is 366 g/mol. The van der Waals surface area contributed by atoms with Crippen LogP contribution in [0, 0.1) is 0 Å². The Hall–Kier alpha value is -0.210. The normalized spacial score (nSPS) is 12.4. The molecule has 0 aromatic heterocycles. The molecule has 0 aliphatic rings. The van der Waals surface area contributed by atoms with Crippen LogP contribution in [0.5, 0.6) is 0 Å². The van der Waals surface area contributed by atoms with Gasteiger partial charge in [0.25, 0.3) is 0 Å². The predicted octanol–water partition coefficient (Wildman–Crippen LogP) is 6.37. The molecule has 0 saturated heterocycles. The third kappa shape index (κ3) is 3.88. The Labute approximate surface area is 136 Å². The number of hydrogen-bond acceptors (Lipinski definition) is 0. The van der Waals surface area contributed by atoms with E-state index >= 15 is 0 Å². The largest absolute Gasteiger partial charge is 0.0921 e. The minimum absolute atomic E-state index is 0.341. The first-order valence-corrected chi connectivity index (χ1v) is 8.11. The van der Waals surface area contributed by atoms with E-state index in [2.05, 4.69) is 15.9 Å². The van der Waals surface area contributed by atoms with Crippen LogP contribution in [-0.2, 0) is 6.42 Å². The van der Waals surface area contributed by atoms with Crippen LogP contribution in [0.15, 0.2) is 42.5 Å². The Balaban J connectivity index is 2.24. The summed E-state index contributed by atoms with van der Waals surface area (Å²) in [5.74, 6) is 0.341. The predicted molar refractivity (Wildman–Crippen MR) is 88.2 cm³/mol. The van der Waals surface area contributed by atoms with Gasteiger partial charge in [0, 0.05) is 10.4 Å². The Morgan fingerprint density at radius 2 is 1.63 bits per heavy atom. The summed E-state index contributed by atoms with van der Waals surface area (Å²) in [6, 6.07) is 13.7. The van der Waals surface area contributed by atoms with E-state index in [1.807, 2.05) is 36.4 Å². The van der Waals surface area contributed by atoms with Gasteiger partial charge in [-0.05, 0) is 41.7 Å². The van der Waals surface area contributed by atoms with E-state index in [4.69, 9.17) is 34.8 Å². The van der Waals surface area contributed by atoms with Gasteiger partial charge in [-0.3, -0.25) is 0 Å². The summed E-state index contributed by atoms with van der Waals surface area (Å²) in [6.45, 7) is 0. The van der Waals surface area contributed by atoms with E-state index in [9.17, 15) is 0 Å². The highest BCUT2D eigenvalue weighted by Crippen LogP contribution is 2.31. The zero-order valence-electron chi connectivity index (χ0n) is 10.0. The quantitative estimate of drug-likeness (QED) is 0.542. The molecule has 0 heterocycles. The van der Waals surface area contributed by atoms with Gasteiger partial charge in [0.1, 0.15) is 0 Å². The van der Waals surface area contributed by atoms with Gasteiger partial charge in [0.05, 0.1) is 10.0 Å². The number of halogens is 4. The molecule has 100 valence electrons. The summed E-state index contributed by atoms with van der Waals surface area (Å²) < 4.78 is 0. The molecule has 2 aromatic rings. The topological polar surface area (TPSA) is 0 Å². The maximum absolute atomic E-state index is 6.24. The van der Waals surface area contributed by atoms with Crippen molar-refractivity contribution in [1.82, 2.24) is 0 Å². The van der Waals surface area contributed by atoms with Crippen molar-refractivity contribution >= 4 is 50.7 Å². The van der Waals surface area contributed by atoms with E-state index in [1.165, 1.54) is 5.56 Å². The zero-order valence-corrected chi connectivity index (χ0v) is 13.9. The highest BCUT2D eigenvalue weighted by atomic mass is 79.9. The molecule has 0 saturated carbocycles. The van der Waals surface area contributed by atoms with Gasteiger partial charge in [-0.2, -0.15) is 0 Å². The molecule has 0 N–H and O–H groups in total. The Morgan fingerprint density at radius 1 is 0.947 bits per heavy atom. The van der Waals surface area contributed by atoms with Gasteiger partial charge in [0.15, 0.2) is 0 Å². The molecule has 0 spiro atoms. The van der Waals surface area contributed by atoms with E-state index in [-0.39, 0.29) is 0 Å². The second-order valence-electron chi connectivity index (χ2n) is 4.32. The zero-order chi connectivity index (χ0) is 13.8.